The summed E-state index contributed by atoms with van der Waals surface area (Å²) < 4.78 is 36.0. The molecule has 1 rings (SSSR count). The zero-order valence-corrected chi connectivity index (χ0v) is 7.43. The highest BCUT2D eigenvalue weighted by Gasteiger charge is 2.28. The van der Waals surface area contributed by atoms with Crippen molar-refractivity contribution in [1.29, 1.82) is 0 Å². The van der Waals surface area contributed by atoms with E-state index in [4.69, 9.17) is 0 Å². The lowest BCUT2D eigenvalue weighted by molar-refractivity contribution is -0.142. The normalized spacial score (nSPS) is 12.0. The molecule has 0 aliphatic heterocycles. The van der Waals surface area contributed by atoms with Crippen molar-refractivity contribution in [3.05, 3.63) is 11.9 Å². The molecule has 0 aromatic carbocycles. The van der Waals surface area contributed by atoms with Crippen LogP contribution in [0.15, 0.2) is 6.20 Å². The van der Waals surface area contributed by atoms with Gasteiger partial charge >= 0.3 is 6.18 Å². The van der Waals surface area contributed by atoms with E-state index < -0.39 is 12.7 Å². The highest BCUT2D eigenvalue weighted by Crippen LogP contribution is 2.16. The quantitative estimate of drug-likeness (QED) is 0.741. The number of rotatable bonds is 2. The molecule has 0 saturated heterocycles. The third-order valence-electron chi connectivity index (χ3n) is 1.06. The third-order valence-corrected chi connectivity index (χ3v) is 1.64. The lowest BCUT2D eigenvalue weighted by atomic mass is 10.5. The van der Waals surface area contributed by atoms with Gasteiger partial charge in [0.15, 0.2) is 0 Å². The van der Waals surface area contributed by atoms with Crippen LogP contribution in [0.3, 0.4) is 0 Å². The SMILES string of the molecule is FC(F)(F)Cn1cc(CBr)nn1. The van der Waals surface area contributed by atoms with Gasteiger partial charge in [-0.15, -0.1) is 5.10 Å². The van der Waals surface area contributed by atoms with E-state index in [9.17, 15) is 13.2 Å². The fraction of sp³-hybridized carbons (Fsp3) is 0.600. The van der Waals surface area contributed by atoms with Crippen molar-refractivity contribution in [2.24, 2.45) is 0 Å². The van der Waals surface area contributed by atoms with Crippen LogP contribution in [0, 0.1) is 0 Å². The molecule has 0 saturated carbocycles. The monoisotopic (exact) mass is 243 g/mol. The molecule has 0 N–H and O–H groups in total. The average molecular weight is 244 g/mol. The van der Waals surface area contributed by atoms with Gasteiger partial charge in [0.1, 0.15) is 6.54 Å². The second kappa shape index (κ2) is 3.42. The molecule has 1 aromatic rings. The van der Waals surface area contributed by atoms with Crippen LogP contribution in [-0.2, 0) is 11.9 Å². The molecule has 68 valence electrons. The molecule has 0 amide bonds. The second-order valence-corrected chi connectivity index (χ2v) is 2.72. The lowest BCUT2D eigenvalue weighted by Crippen LogP contribution is -2.17. The summed E-state index contributed by atoms with van der Waals surface area (Å²) in [5.41, 5.74) is 0.485. The standard InChI is InChI=1S/C5H5BrF3N3/c6-1-4-2-12(11-10-4)3-5(7,8)9/h2H,1,3H2. The van der Waals surface area contributed by atoms with Gasteiger partial charge in [0.2, 0.25) is 0 Å². The van der Waals surface area contributed by atoms with E-state index in [0.29, 0.717) is 11.0 Å². The average Bonchev–Trinajstić information content (AvgIpc) is 2.32. The summed E-state index contributed by atoms with van der Waals surface area (Å²) in [5.74, 6) is 0. The van der Waals surface area contributed by atoms with Gasteiger partial charge < -0.3 is 0 Å². The van der Waals surface area contributed by atoms with Crippen LogP contribution in [0.5, 0.6) is 0 Å². The number of halogens is 4. The minimum absolute atomic E-state index is 0.408. The Balaban J connectivity index is 2.64. The van der Waals surface area contributed by atoms with E-state index in [0.717, 1.165) is 4.68 Å². The Kier molecular flexibility index (Phi) is 2.71. The molecular formula is C5H5BrF3N3. The number of nitrogens with zero attached hydrogens (tertiary/aromatic N) is 3. The van der Waals surface area contributed by atoms with Crippen LogP contribution in [0.2, 0.25) is 0 Å². The molecule has 1 heterocycles. The Morgan fingerprint density at radius 1 is 1.50 bits per heavy atom. The molecule has 1 aromatic heterocycles. The van der Waals surface area contributed by atoms with Gasteiger partial charge in [-0.2, -0.15) is 13.2 Å². The molecule has 0 fully saturated rings. The molecule has 12 heavy (non-hydrogen) atoms. The molecular weight excluding hydrogens is 239 g/mol. The minimum Gasteiger partial charge on any atom is -0.243 e. The zero-order valence-electron chi connectivity index (χ0n) is 5.85. The van der Waals surface area contributed by atoms with Gasteiger partial charge in [0.05, 0.1) is 5.69 Å². The van der Waals surface area contributed by atoms with Crippen molar-refractivity contribution in [1.82, 2.24) is 15.0 Å². The maximum absolute atomic E-state index is 11.8. The first kappa shape index (κ1) is 9.50. The summed E-state index contributed by atoms with van der Waals surface area (Å²) >= 11 is 3.05. The summed E-state index contributed by atoms with van der Waals surface area (Å²) in [5, 5.41) is 7.18. The maximum atomic E-state index is 11.8. The predicted molar refractivity (Wildman–Crippen MR) is 38.7 cm³/mol. The minimum atomic E-state index is -4.24. The Morgan fingerprint density at radius 2 is 2.17 bits per heavy atom. The van der Waals surface area contributed by atoms with Gasteiger partial charge in [-0.1, -0.05) is 21.1 Å². The smallest absolute Gasteiger partial charge is 0.243 e. The van der Waals surface area contributed by atoms with Crippen LogP contribution < -0.4 is 0 Å². The Morgan fingerprint density at radius 3 is 2.58 bits per heavy atom. The molecule has 0 radical (unpaired) electrons. The fourth-order valence-corrected chi connectivity index (χ4v) is 0.918. The lowest BCUT2D eigenvalue weighted by Gasteiger charge is -2.03. The number of hydrogen-bond donors (Lipinski definition) is 0. The first-order chi connectivity index (χ1) is 5.51. The van der Waals surface area contributed by atoms with Crippen molar-refractivity contribution in [2.45, 2.75) is 18.1 Å². The van der Waals surface area contributed by atoms with Gasteiger partial charge in [-0.3, -0.25) is 0 Å². The number of hydrogen-bond acceptors (Lipinski definition) is 2. The van der Waals surface area contributed by atoms with Crippen molar-refractivity contribution in [2.75, 3.05) is 0 Å². The Labute approximate surface area is 74.7 Å². The summed E-state index contributed by atoms with van der Waals surface area (Å²) in [4.78, 5) is 0. The van der Waals surface area contributed by atoms with Crippen LogP contribution in [0.1, 0.15) is 5.69 Å². The number of alkyl halides is 4. The van der Waals surface area contributed by atoms with E-state index in [1.165, 1.54) is 6.20 Å². The van der Waals surface area contributed by atoms with E-state index in [-0.39, 0.29) is 0 Å². The third kappa shape index (κ3) is 2.80. The molecule has 0 aliphatic rings. The maximum Gasteiger partial charge on any atom is 0.408 e. The van der Waals surface area contributed by atoms with Crippen LogP contribution >= 0.6 is 15.9 Å². The summed E-state index contributed by atoms with van der Waals surface area (Å²) in [7, 11) is 0. The first-order valence-electron chi connectivity index (χ1n) is 3.03. The zero-order chi connectivity index (χ0) is 9.19. The molecule has 7 heteroatoms. The predicted octanol–water partition coefficient (Wildman–Crippen LogP) is 1.74. The van der Waals surface area contributed by atoms with Gasteiger partial charge in [-0.05, 0) is 0 Å². The molecule has 3 nitrogen and oxygen atoms in total. The van der Waals surface area contributed by atoms with Crippen molar-refractivity contribution < 1.29 is 13.2 Å². The van der Waals surface area contributed by atoms with Crippen molar-refractivity contribution in [3.8, 4) is 0 Å². The van der Waals surface area contributed by atoms with E-state index in [1.54, 1.807) is 0 Å². The fourth-order valence-electron chi connectivity index (χ4n) is 0.661. The number of aromatic nitrogens is 3. The summed E-state index contributed by atoms with van der Waals surface area (Å²) in [6.07, 6.45) is -2.99. The van der Waals surface area contributed by atoms with E-state index in [2.05, 4.69) is 26.2 Å². The second-order valence-electron chi connectivity index (χ2n) is 2.16. The van der Waals surface area contributed by atoms with Crippen molar-refractivity contribution in [3.63, 3.8) is 0 Å². The van der Waals surface area contributed by atoms with E-state index in [1.807, 2.05) is 0 Å². The highest BCUT2D eigenvalue weighted by molar-refractivity contribution is 9.08. The molecule has 0 atom stereocenters. The van der Waals surface area contributed by atoms with Crippen LogP contribution in [-0.4, -0.2) is 21.2 Å². The first-order valence-corrected chi connectivity index (χ1v) is 4.15. The molecule has 0 bridgehead atoms. The Bertz CT molecular complexity index is 257. The van der Waals surface area contributed by atoms with Crippen LogP contribution in [0.4, 0.5) is 13.2 Å². The highest BCUT2D eigenvalue weighted by atomic mass is 79.9. The summed E-state index contributed by atoms with van der Waals surface area (Å²) in [6, 6.07) is 0. The molecule has 0 unspecified atom stereocenters. The van der Waals surface area contributed by atoms with Crippen molar-refractivity contribution >= 4 is 15.9 Å². The van der Waals surface area contributed by atoms with Crippen LogP contribution in [0.25, 0.3) is 0 Å². The van der Waals surface area contributed by atoms with Gasteiger partial charge in [-0.25, -0.2) is 4.68 Å². The largest absolute Gasteiger partial charge is 0.408 e. The van der Waals surface area contributed by atoms with E-state index >= 15 is 0 Å². The Hall–Kier alpha value is -0.590. The summed E-state index contributed by atoms with van der Waals surface area (Å²) in [6.45, 7) is -1.09. The topological polar surface area (TPSA) is 30.7 Å². The van der Waals surface area contributed by atoms with Gasteiger partial charge in [0.25, 0.3) is 0 Å². The molecule has 0 aliphatic carbocycles. The van der Waals surface area contributed by atoms with Gasteiger partial charge in [0, 0.05) is 11.5 Å². The molecule has 0 spiro atoms.